The predicted molar refractivity (Wildman–Crippen MR) is 147 cm³/mol. The maximum atomic E-state index is 13.5. The lowest BCUT2D eigenvalue weighted by Crippen LogP contribution is -2.31. The Labute approximate surface area is 227 Å². The normalized spacial score (nSPS) is 13.5. The Balaban J connectivity index is 1.31. The number of amides is 1. The molecule has 1 aliphatic heterocycles. The molecule has 3 aromatic heterocycles. The summed E-state index contributed by atoms with van der Waals surface area (Å²) in [5.74, 6) is -0.767. The van der Waals surface area contributed by atoms with E-state index in [-0.39, 0.29) is 17.5 Å². The Kier molecular flexibility index (Phi) is 6.31. The summed E-state index contributed by atoms with van der Waals surface area (Å²) >= 11 is 0. The van der Waals surface area contributed by atoms with Crippen molar-refractivity contribution in [2.75, 3.05) is 24.3 Å². The van der Waals surface area contributed by atoms with Crippen LogP contribution in [-0.4, -0.2) is 48.6 Å². The van der Waals surface area contributed by atoms with Gasteiger partial charge >= 0.3 is 0 Å². The van der Waals surface area contributed by atoms with Gasteiger partial charge in [0.2, 0.25) is 0 Å². The number of benzene rings is 2. The van der Waals surface area contributed by atoms with Gasteiger partial charge in [0.05, 0.1) is 30.0 Å². The smallest absolute Gasteiger partial charge is 0.284 e. The molecule has 2 aromatic carbocycles. The molecule has 0 unspecified atom stereocenters. The van der Waals surface area contributed by atoms with E-state index in [1.807, 2.05) is 18.5 Å². The molecule has 0 aliphatic carbocycles. The van der Waals surface area contributed by atoms with Crippen LogP contribution in [0.4, 0.5) is 15.9 Å². The van der Waals surface area contributed by atoms with Gasteiger partial charge in [0, 0.05) is 11.3 Å². The molecule has 4 heterocycles. The van der Waals surface area contributed by atoms with Gasteiger partial charge in [-0.2, -0.15) is 14.9 Å². The number of ether oxygens (including phenoxy) is 1. The standard InChI is InChI=1S/C28H25FN8O3/c1-15(2)22-11-21(28(39)37(34-22)19-9-5-17(29)6-10-19)27(38)33-18-7-3-16(4-8-18)24-23-25(30)31-14-32-26(23)36(35-24)20-12-40-13-20/h3-11,14-15,20H,12-13H2,1-2H3,(H,33,38)(H2,30,31,32). The molecule has 0 atom stereocenters. The highest BCUT2D eigenvalue weighted by Crippen LogP contribution is 2.33. The molecule has 0 radical (unpaired) electrons. The fraction of sp³-hybridized carbons (Fsp3) is 0.214. The Morgan fingerprint density at radius 1 is 1.07 bits per heavy atom. The largest absolute Gasteiger partial charge is 0.383 e. The third-order valence-corrected chi connectivity index (χ3v) is 6.74. The first-order valence-electron chi connectivity index (χ1n) is 12.7. The third-order valence-electron chi connectivity index (χ3n) is 6.74. The minimum absolute atomic E-state index is 0.0596. The van der Waals surface area contributed by atoms with E-state index in [2.05, 4.69) is 20.4 Å². The Hall–Kier alpha value is -4.97. The number of rotatable bonds is 6. The molecule has 12 heteroatoms. The van der Waals surface area contributed by atoms with Crippen LogP contribution in [0.2, 0.25) is 0 Å². The molecule has 202 valence electrons. The zero-order chi connectivity index (χ0) is 28.0. The van der Waals surface area contributed by atoms with Crippen molar-refractivity contribution in [3.05, 3.63) is 88.4 Å². The van der Waals surface area contributed by atoms with E-state index in [9.17, 15) is 14.0 Å². The Bertz CT molecular complexity index is 1790. The van der Waals surface area contributed by atoms with Gasteiger partial charge in [-0.05, 0) is 48.4 Å². The van der Waals surface area contributed by atoms with E-state index < -0.39 is 17.3 Å². The van der Waals surface area contributed by atoms with E-state index >= 15 is 0 Å². The summed E-state index contributed by atoms with van der Waals surface area (Å²) in [6.45, 7) is 4.90. The van der Waals surface area contributed by atoms with Crippen LogP contribution in [0.5, 0.6) is 0 Å². The number of halogens is 1. The molecule has 0 spiro atoms. The van der Waals surface area contributed by atoms with Crippen molar-refractivity contribution < 1.29 is 13.9 Å². The van der Waals surface area contributed by atoms with Crippen LogP contribution in [0.3, 0.4) is 0 Å². The summed E-state index contributed by atoms with van der Waals surface area (Å²) in [4.78, 5) is 35.0. The second-order valence-electron chi connectivity index (χ2n) is 9.80. The summed E-state index contributed by atoms with van der Waals surface area (Å²) in [6.07, 6.45) is 1.41. The molecule has 40 heavy (non-hydrogen) atoms. The number of carbonyl (C=O) groups excluding carboxylic acids is 1. The second-order valence-corrected chi connectivity index (χ2v) is 9.80. The van der Waals surface area contributed by atoms with Crippen LogP contribution in [0.25, 0.3) is 28.0 Å². The fourth-order valence-electron chi connectivity index (χ4n) is 4.44. The molecule has 1 aliphatic rings. The van der Waals surface area contributed by atoms with Crippen molar-refractivity contribution in [3.8, 4) is 16.9 Å². The molecular weight excluding hydrogens is 515 g/mol. The van der Waals surface area contributed by atoms with Gasteiger partial charge in [-0.1, -0.05) is 26.0 Å². The van der Waals surface area contributed by atoms with E-state index in [1.165, 1.54) is 36.7 Å². The zero-order valence-electron chi connectivity index (χ0n) is 21.7. The SMILES string of the molecule is CC(C)c1cc(C(=O)Nc2ccc(-c3nn(C4COC4)c4ncnc(N)c34)cc2)c(=O)n(-c2ccc(F)cc2)n1. The first-order valence-corrected chi connectivity index (χ1v) is 12.7. The molecule has 0 bridgehead atoms. The van der Waals surface area contributed by atoms with E-state index in [4.69, 9.17) is 15.6 Å². The number of aromatic nitrogens is 6. The quantitative estimate of drug-likeness (QED) is 0.332. The van der Waals surface area contributed by atoms with Crippen molar-refractivity contribution >= 4 is 28.4 Å². The minimum Gasteiger partial charge on any atom is -0.383 e. The molecule has 11 nitrogen and oxygen atoms in total. The van der Waals surface area contributed by atoms with Gasteiger partial charge in [-0.15, -0.1) is 0 Å². The highest BCUT2D eigenvalue weighted by atomic mass is 19.1. The topological polar surface area (TPSA) is 143 Å². The number of carbonyl (C=O) groups is 1. The van der Waals surface area contributed by atoms with E-state index in [1.54, 1.807) is 24.3 Å². The molecule has 3 N–H and O–H groups in total. The predicted octanol–water partition coefficient (Wildman–Crippen LogP) is 3.71. The Morgan fingerprint density at radius 3 is 2.45 bits per heavy atom. The summed E-state index contributed by atoms with van der Waals surface area (Å²) in [7, 11) is 0. The maximum Gasteiger partial charge on any atom is 0.284 e. The lowest BCUT2D eigenvalue weighted by Gasteiger charge is -2.26. The average Bonchev–Trinajstić information content (AvgIpc) is 3.29. The van der Waals surface area contributed by atoms with Crippen LogP contribution in [0.15, 0.2) is 65.7 Å². The molecule has 6 rings (SSSR count). The van der Waals surface area contributed by atoms with Crippen LogP contribution >= 0.6 is 0 Å². The van der Waals surface area contributed by atoms with Crippen molar-refractivity contribution in [1.82, 2.24) is 29.5 Å². The molecule has 1 amide bonds. The molecule has 1 saturated heterocycles. The number of nitrogens with two attached hydrogens (primary N) is 1. The molecule has 5 aromatic rings. The minimum atomic E-state index is -0.613. The molecular formula is C28H25FN8O3. The van der Waals surface area contributed by atoms with Crippen molar-refractivity contribution in [3.63, 3.8) is 0 Å². The van der Waals surface area contributed by atoms with Gasteiger partial charge in [0.15, 0.2) is 5.65 Å². The fourth-order valence-corrected chi connectivity index (χ4v) is 4.44. The van der Waals surface area contributed by atoms with Crippen LogP contribution in [0.1, 0.15) is 41.9 Å². The van der Waals surface area contributed by atoms with Crippen molar-refractivity contribution in [2.45, 2.75) is 25.8 Å². The summed E-state index contributed by atoms with van der Waals surface area (Å²) in [5.41, 5.74) is 8.88. The molecule has 1 fully saturated rings. The number of hydrogen-bond acceptors (Lipinski definition) is 8. The maximum absolute atomic E-state index is 13.5. The number of hydrogen-bond donors (Lipinski definition) is 2. The number of fused-ring (bicyclic) bond motifs is 1. The van der Waals surface area contributed by atoms with Gasteiger partial charge in [0.1, 0.15) is 35.3 Å². The average molecular weight is 541 g/mol. The number of nitrogens with zero attached hydrogens (tertiary/aromatic N) is 6. The lowest BCUT2D eigenvalue weighted by molar-refractivity contribution is -0.0268. The van der Waals surface area contributed by atoms with Crippen molar-refractivity contribution in [2.24, 2.45) is 0 Å². The van der Waals surface area contributed by atoms with Crippen LogP contribution < -0.4 is 16.6 Å². The number of nitrogens with one attached hydrogen (secondary N) is 1. The van der Waals surface area contributed by atoms with Gasteiger partial charge in [-0.3, -0.25) is 9.59 Å². The highest BCUT2D eigenvalue weighted by molar-refractivity contribution is 6.04. The summed E-state index contributed by atoms with van der Waals surface area (Å²) < 4.78 is 21.7. The zero-order valence-corrected chi connectivity index (χ0v) is 21.7. The third kappa shape index (κ3) is 4.47. The van der Waals surface area contributed by atoms with Crippen molar-refractivity contribution in [1.29, 1.82) is 0 Å². The lowest BCUT2D eigenvalue weighted by atomic mass is 10.1. The highest BCUT2D eigenvalue weighted by Gasteiger charge is 2.27. The van der Waals surface area contributed by atoms with Gasteiger partial charge in [0.25, 0.3) is 11.5 Å². The van der Waals surface area contributed by atoms with Gasteiger partial charge in [-0.25, -0.2) is 19.0 Å². The monoisotopic (exact) mass is 540 g/mol. The first kappa shape index (κ1) is 25.3. The van der Waals surface area contributed by atoms with Crippen LogP contribution in [0, 0.1) is 5.82 Å². The van der Waals surface area contributed by atoms with E-state index in [0.717, 1.165) is 10.2 Å². The molecule has 0 saturated carbocycles. The Morgan fingerprint density at radius 2 is 1.80 bits per heavy atom. The van der Waals surface area contributed by atoms with E-state index in [0.29, 0.717) is 52.8 Å². The number of anilines is 2. The van der Waals surface area contributed by atoms with Gasteiger partial charge < -0.3 is 15.8 Å². The first-order chi connectivity index (χ1) is 19.3. The summed E-state index contributed by atoms with van der Waals surface area (Å²) in [6, 6.07) is 13.9. The van der Waals surface area contributed by atoms with Crippen LogP contribution in [-0.2, 0) is 4.74 Å². The number of nitrogen functional groups attached to an aromatic ring is 1. The second kappa shape index (κ2) is 9.97. The summed E-state index contributed by atoms with van der Waals surface area (Å²) in [5, 5.41) is 12.6.